The predicted octanol–water partition coefficient (Wildman–Crippen LogP) is 3.73. The lowest BCUT2D eigenvalue weighted by atomic mass is 10.00. The lowest BCUT2D eigenvalue weighted by Gasteiger charge is -2.06. The fraction of sp³-hybridized carbons (Fsp3) is 0.333. The second kappa shape index (κ2) is 6.58. The van der Waals surface area contributed by atoms with Crippen LogP contribution in [0, 0.1) is 0 Å². The summed E-state index contributed by atoms with van der Waals surface area (Å²) in [6, 6.07) is 14.0. The Labute approximate surface area is 121 Å². The first-order chi connectivity index (χ1) is 9.58. The number of fused-ring (bicyclic) bond motifs is 1. The van der Waals surface area contributed by atoms with Crippen molar-refractivity contribution in [1.29, 1.82) is 0 Å². The van der Waals surface area contributed by atoms with Gasteiger partial charge in [-0.2, -0.15) is 0 Å². The Kier molecular flexibility index (Phi) is 4.80. The summed E-state index contributed by atoms with van der Waals surface area (Å²) in [4.78, 5) is 2.00. The molecule has 0 aliphatic heterocycles. The van der Waals surface area contributed by atoms with Crippen molar-refractivity contribution in [3.05, 3.63) is 53.6 Å². The summed E-state index contributed by atoms with van der Waals surface area (Å²) < 4.78 is 0. The van der Waals surface area contributed by atoms with Crippen LogP contribution >= 0.6 is 0 Å². The minimum Gasteiger partial charge on any atom is -0.507 e. The number of hydrogen-bond donors (Lipinski definition) is 1. The molecule has 20 heavy (non-hydrogen) atoms. The molecule has 106 valence electrons. The first-order valence-electron chi connectivity index (χ1n) is 7.09. The highest BCUT2D eigenvalue weighted by Crippen LogP contribution is 2.32. The molecule has 0 saturated heterocycles. The van der Waals surface area contributed by atoms with Gasteiger partial charge in [0.25, 0.3) is 0 Å². The van der Waals surface area contributed by atoms with Gasteiger partial charge in [0, 0.05) is 5.56 Å². The minimum absolute atomic E-state index is 0.362. The molecule has 0 bridgehead atoms. The van der Waals surface area contributed by atoms with Crippen molar-refractivity contribution in [3.8, 4) is 16.9 Å². The summed E-state index contributed by atoms with van der Waals surface area (Å²) in [6.45, 7) is 0. The van der Waals surface area contributed by atoms with Crippen molar-refractivity contribution < 1.29 is 5.11 Å². The van der Waals surface area contributed by atoms with Crippen molar-refractivity contribution in [2.24, 2.45) is 0 Å². The van der Waals surface area contributed by atoms with Crippen LogP contribution in [-0.4, -0.2) is 31.1 Å². The van der Waals surface area contributed by atoms with Gasteiger partial charge < -0.3 is 10.0 Å². The quantitative estimate of drug-likeness (QED) is 0.852. The molecule has 2 aromatic carbocycles. The van der Waals surface area contributed by atoms with Gasteiger partial charge in [-0.1, -0.05) is 36.4 Å². The summed E-state index contributed by atoms with van der Waals surface area (Å²) in [6.07, 6.45) is 3.65. The van der Waals surface area contributed by atoms with Crippen LogP contribution in [-0.2, 0) is 12.8 Å². The van der Waals surface area contributed by atoms with E-state index in [2.05, 4.69) is 18.2 Å². The molecule has 0 radical (unpaired) electrons. The minimum atomic E-state index is 0.362. The van der Waals surface area contributed by atoms with Crippen LogP contribution < -0.4 is 0 Å². The molecule has 0 heterocycles. The van der Waals surface area contributed by atoms with Gasteiger partial charge >= 0.3 is 0 Å². The van der Waals surface area contributed by atoms with Gasteiger partial charge in [-0.05, 0) is 63.2 Å². The Morgan fingerprint density at radius 2 is 1.55 bits per heavy atom. The highest BCUT2D eigenvalue weighted by molar-refractivity contribution is 5.71. The molecular formula is C18H23NO. The number of phenolic OH excluding ortho intramolecular Hbond substituents is 1. The fourth-order valence-corrected chi connectivity index (χ4v) is 2.46. The van der Waals surface area contributed by atoms with Crippen LogP contribution in [0.5, 0.6) is 5.75 Å². The Balaban J connectivity index is 0.000000328. The van der Waals surface area contributed by atoms with Crippen LogP contribution in [0.25, 0.3) is 11.1 Å². The number of aryl methyl sites for hydroxylation is 2. The zero-order chi connectivity index (χ0) is 14.5. The number of phenols is 1. The Morgan fingerprint density at radius 3 is 2.25 bits per heavy atom. The van der Waals surface area contributed by atoms with E-state index in [0.717, 1.165) is 11.1 Å². The smallest absolute Gasteiger partial charge is 0.123 e. The van der Waals surface area contributed by atoms with Gasteiger partial charge in [-0.15, -0.1) is 0 Å². The third kappa shape index (κ3) is 3.61. The molecule has 1 aliphatic carbocycles. The average Bonchev–Trinajstić information content (AvgIpc) is 2.85. The predicted molar refractivity (Wildman–Crippen MR) is 85.2 cm³/mol. The number of hydrogen-bond acceptors (Lipinski definition) is 2. The van der Waals surface area contributed by atoms with Crippen molar-refractivity contribution in [2.75, 3.05) is 21.1 Å². The number of rotatable bonds is 1. The van der Waals surface area contributed by atoms with Crippen molar-refractivity contribution in [1.82, 2.24) is 4.90 Å². The lowest BCUT2D eigenvalue weighted by molar-refractivity contribution is 0.477. The summed E-state index contributed by atoms with van der Waals surface area (Å²) in [5, 5.41) is 9.81. The summed E-state index contributed by atoms with van der Waals surface area (Å²) in [5.41, 5.74) is 4.97. The molecule has 2 heteroatoms. The van der Waals surface area contributed by atoms with Gasteiger partial charge in [-0.25, -0.2) is 0 Å². The van der Waals surface area contributed by atoms with E-state index in [9.17, 15) is 5.11 Å². The largest absolute Gasteiger partial charge is 0.507 e. The van der Waals surface area contributed by atoms with Crippen LogP contribution in [0.3, 0.4) is 0 Å². The maximum Gasteiger partial charge on any atom is 0.123 e. The van der Waals surface area contributed by atoms with Crippen LogP contribution in [0.2, 0.25) is 0 Å². The number of aromatic hydroxyl groups is 1. The van der Waals surface area contributed by atoms with Crippen LogP contribution in [0.1, 0.15) is 17.5 Å². The lowest BCUT2D eigenvalue weighted by Crippen LogP contribution is -1.99. The average molecular weight is 269 g/mol. The Hall–Kier alpha value is -1.80. The van der Waals surface area contributed by atoms with E-state index in [-0.39, 0.29) is 0 Å². The van der Waals surface area contributed by atoms with Gasteiger partial charge in [0.05, 0.1) is 0 Å². The van der Waals surface area contributed by atoms with E-state index in [0.29, 0.717) is 5.75 Å². The molecule has 2 nitrogen and oxygen atoms in total. The topological polar surface area (TPSA) is 23.5 Å². The second-order valence-electron chi connectivity index (χ2n) is 5.70. The molecule has 1 aliphatic rings. The second-order valence-corrected chi connectivity index (χ2v) is 5.70. The third-order valence-electron chi connectivity index (χ3n) is 3.31. The first kappa shape index (κ1) is 14.6. The normalized spacial score (nSPS) is 12.8. The molecule has 0 spiro atoms. The fourth-order valence-electron chi connectivity index (χ4n) is 2.46. The van der Waals surface area contributed by atoms with Crippen LogP contribution in [0.4, 0.5) is 0 Å². The third-order valence-corrected chi connectivity index (χ3v) is 3.31. The van der Waals surface area contributed by atoms with Crippen molar-refractivity contribution >= 4 is 0 Å². The highest BCUT2D eigenvalue weighted by Gasteiger charge is 2.12. The van der Waals surface area contributed by atoms with E-state index < -0.39 is 0 Å². The molecule has 2 aromatic rings. The zero-order valence-corrected chi connectivity index (χ0v) is 12.6. The summed E-state index contributed by atoms with van der Waals surface area (Å²) in [7, 11) is 6.00. The maximum absolute atomic E-state index is 9.81. The van der Waals surface area contributed by atoms with E-state index in [1.54, 1.807) is 6.07 Å². The SMILES string of the molecule is CN(C)C.Oc1ccccc1-c1ccc2c(c1)CCC2. The molecule has 0 amide bonds. The number of nitrogens with zero attached hydrogens (tertiary/aromatic N) is 1. The van der Waals surface area contributed by atoms with E-state index >= 15 is 0 Å². The molecular weight excluding hydrogens is 246 g/mol. The maximum atomic E-state index is 9.81. The van der Waals surface area contributed by atoms with Gasteiger partial charge in [0.15, 0.2) is 0 Å². The molecule has 1 N–H and O–H groups in total. The monoisotopic (exact) mass is 269 g/mol. The van der Waals surface area contributed by atoms with E-state index in [1.165, 1.54) is 30.4 Å². The molecule has 0 unspecified atom stereocenters. The van der Waals surface area contributed by atoms with Crippen LogP contribution in [0.15, 0.2) is 42.5 Å². The molecule has 0 atom stereocenters. The number of benzene rings is 2. The summed E-state index contributed by atoms with van der Waals surface area (Å²) in [5.74, 6) is 0.362. The Morgan fingerprint density at radius 1 is 0.900 bits per heavy atom. The van der Waals surface area contributed by atoms with Crippen molar-refractivity contribution in [3.63, 3.8) is 0 Å². The molecule has 0 saturated carbocycles. The zero-order valence-electron chi connectivity index (χ0n) is 12.6. The van der Waals surface area contributed by atoms with E-state index in [1.807, 2.05) is 44.2 Å². The van der Waals surface area contributed by atoms with Gasteiger partial charge in [0.2, 0.25) is 0 Å². The summed E-state index contributed by atoms with van der Waals surface area (Å²) >= 11 is 0. The number of para-hydroxylation sites is 1. The molecule has 3 rings (SSSR count). The first-order valence-corrected chi connectivity index (χ1v) is 7.09. The standard InChI is InChI=1S/C15H14O.C3H9N/c16-15-7-2-1-6-14(15)13-9-8-11-4-3-5-12(11)10-13;1-4(2)3/h1-2,6-10,16H,3-5H2;1-3H3. The molecule has 0 aromatic heterocycles. The van der Waals surface area contributed by atoms with Gasteiger partial charge in [0.1, 0.15) is 5.75 Å². The Bertz CT molecular complexity index is 573. The highest BCUT2D eigenvalue weighted by atomic mass is 16.3. The van der Waals surface area contributed by atoms with Gasteiger partial charge in [-0.3, -0.25) is 0 Å². The van der Waals surface area contributed by atoms with E-state index in [4.69, 9.17) is 0 Å². The molecule has 0 fully saturated rings. The van der Waals surface area contributed by atoms with Crippen molar-refractivity contribution in [2.45, 2.75) is 19.3 Å².